The Hall–Kier alpha value is -1.35. The summed E-state index contributed by atoms with van der Waals surface area (Å²) < 4.78 is 34.9. The molecule has 0 radical (unpaired) electrons. The third-order valence-electron chi connectivity index (χ3n) is 7.84. The molecule has 188 valence electrons. The molecule has 2 saturated carbocycles. The lowest BCUT2D eigenvalue weighted by molar-refractivity contribution is 0.0304. The number of piperazine rings is 1. The normalized spacial score (nSPS) is 29.2. The van der Waals surface area contributed by atoms with Crippen LogP contribution in [0.25, 0.3) is 0 Å². The SMILES string of the molecule is C[C@@H]1CN(CC2CC2)CCN1C(=O)OC[C@@H]1CCC[C@H](C2CC2)N1S(=O)(=O)c1ccc(Cl)cc1. The van der Waals surface area contributed by atoms with E-state index in [1.54, 1.807) is 28.6 Å². The molecule has 0 aromatic heterocycles. The molecule has 1 aromatic rings. The molecule has 1 aromatic carbocycles. The van der Waals surface area contributed by atoms with Gasteiger partial charge in [0.15, 0.2) is 0 Å². The first-order chi connectivity index (χ1) is 16.3. The van der Waals surface area contributed by atoms with E-state index >= 15 is 0 Å². The molecule has 1 amide bonds. The van der Waals surface area contributed by atoms with Gasteiger partial charge in [0, 0.05) is 43.3 Å². The zero-order chi connectivity index (χ0) is 23.9. The van der Waals surface area contributed by atoms with Crippen molar-refractivity contribution >= 4 is 27.7 Å². The van der Waals surface area contributed by atoms with Gasteiger partial charge in [0.25, 0.3) is 0 Å². The van der Waals surface area contributed by atoms with Crippen LogP contribution in [0.4, 0.5) is 4.79 Å². The zero-order valence-corrected chi connectivity index (χ0v) is 21.5. The fourth-order valence-corrected chi connectivity index (χ4v) is 7.70. The average Bonchev–Trinajstić information content (AvgIpc) is 3.72. The van der Waals surface area contributed by atoms with Crippen LogP contribution < -0.4 is 0 Å². The van der Waals surface area contributed by atoms with Crippen LogP contribution in [0.1, 0.15) is 51.9 Å². The van der Waals surface area contributed by atoms with E-state index in [9.17, 15) is 13.2 Å². The Labute approximate surface area is 208 Å². The summed E-state index contributed by atoms with van der Waals surface area (Å²) in [5.74, 6) is 1.24. The van der Waals surface area contributed by atoms with Gasteiger partial charge in [-0.15, -0.1) is 0 Å². The summed E-state index contributed by atoms with van der Waals surface area (Å²) in [7, 11) is -3.72. The Morgan fingerprint density at radius 1 is 1.06 bits per heavy atom. The lowest BCUT2D eigenvalue weighted by Gasteiger charge is -2.42. The van der Waals surface area contributed by atoms with E-state index in [2.05, 4.69) is 11.8 Å². The van der Waals surface area contributed by atoms with Gasteiger partial charge in [0.05, 0.1) is 10.9 Å². The molecule has 4 aliphatic rings. The van der Waals surface area contributed by atoms with E-state index in [4.69, 9.17) is 16.3 Å². The number of sulfonamides is 1. The molecule has 0 spiro atoms. The number of nitrogens with zero attached hydrogens (tertiary/aromatic N) is 3. The number of rotatable bonds is 7. The average molecular weight is 510 g/mol. The Balaban J connectivity index is 1.26. The van der Waals surface area contributed by atoms with E-state index < -0.39 is 10.0 Å². The highest BCUT2D eigenvalue weighted by molar-refractivity contribution is 7.89. The minimum atomic E-state index is -3.72. The summed E-state index contributed by atoms with van der Waals surface area (Å²) in [6.07, 6.45) is 6.97. The minimum Gasteiger partial charge on any atom is -0.448 e. The Morgan fingerprint density at radius 2 is 1.79 bits per heavy atom. The van der Waals surface area contributed by atoms with Crippen LogP contribution in [0.2, 0.25) is 5.02 Å². The number of carbonyl (C=O) groups excluding carboxylic acids is 1. The Morgan fingerprint density at radius 3 is 2.44 bits per heavy atom. The molecule has 7 nitrogen and oxygen atoms in total. The second-order valence-corrected chi connectivity index (χ2v) is 12.9. The number of hydrogen-bond acceptors (Lipinski definition) is 5. The summed E-state index contributed by atoms with van der Waals surface area (Å²) in [5, 5.41) is 0.508. The summed E-state index contributed by atoms with van der Waals surface area (Å²) >= 11 is 6.00. The van der Waals surface area contributed by atoms with Gasteiger partial charge in [-0.2, -0.15) is 4.31 Å². The molecular formula is C25H36ClN3O4S. The van der Waals surface area contributed by atoms with Crippen molar-refractivity contribution in [3.8, 4) is 0 Å². The minimum absolute atomic E-state index is 0.0250. The van der Waals surface area contributed by atoms with Crippen molar-refractivity contribution in [1.29, 1.82) is 0 Å². The molecule has 4 fully saturated rings. The highest BCUT2D eigenvalue weighted by Gasteiger charge is 2.46. The van der Waals surface area contributed by atoms with Gasteiger partial charge in [-0.25, -0.2) is 13.2 Å². The third-order valence-corrected chi connectivity index (χ3v) is 10.1. The first kappa shape index (κ1) is 24.3. The first-order valence-corrected chi connectivity index (χ1v) is 14.6. The summed E-state index contributed by atoms with van der Waals surface area (Å²) in [5.41, 5.74) is 0. The summed E-state index contributed by atoms with van der Waals surface area (Å²) in [6.45, 7) is 5.71. The van der Waals surface area contributed by atoms with E-state index in [1.165, 1.54) is 12.8 Å². The predicted octanol–water partition coefficient (Wildman–Crippen LogP) is 4.21. The molecule has 2 heterocycles. The van der Waals surface area contributed by atoms with E-state index in [0.29, 0.717) is 23.9 Å². The molecule has 2 aliphatic carbocycles. The number of hydrogen-bond donors (Lipinski definition) is 0. The van der Waals surface area contributed by atoms with Crippen molar-refractivity contribution in [3.63, 3.8) is 0 Å². The van der Waals surface area contributed by atoms with Gasteiger partial charge in [0.2, 0.25) is 10.0 Å². The maximum atomic E-state index is 13.7. The van der Waals surface area contributed by atoms with Gasteiger partial charge in [0.1, 0.15) is 6.61 Å². The van der Waals surface area contributed by atoms with Crippen LogP contribution in [0.15, 0.2) is 29.2 Å². The fourth-order valence-electron chi connectivity index (χ4n) is 5.66. The van der Waals surface area contributed by atoms with Crippen LogP contribution in [-0.2, 0) is 14.8 Å². The van der Waals surface area contributed by atoms with Gasteiger partial charge < -0.3 is 9.64 Å². The third kappa shape index (κ3) is 5.40. The molecule has 0 bridgehead atoms. The van der Waals surface area contributed by atoms with Crippen LogP contribution in [0.3, 0.4) is 0 Å². The Bertz CT molecular complexity index is 980. The molecule has 9 heteroatoms. The van der Waals surface area contributed by atoms with Crippen LogP contribution in [-0.4, -0.2) is 79.5 Å². The topological polar surface area (TPSA) is 70.2 Å². The van der Waals surface area contributed by atoms with Crippen LogP contribution in [0, 0.1) is 11.8 Å². The molecular weight excluding hydrogens is 474 g/mol. The monoisotopic (exact) mass is 509 g/mol. The number of benzene rings is 1. The van der Waals surface area contributed by atoms with Gasteiger partial charge in [-0.05, 0) is 81.5 Å². The number of halogens is 1. The maximum Gasteiger partial charge on any atom is 0.410 e. The van der Waals surface area contributed by atoms with Crippen molar-refractivity contribution in [3.05, 3.63) is 29.3 Å². The van der Waals surface area contributed by atoms with Crippen LogP contribution >= 0.6 is 11.6 Å². The number of piperidine rings is 1. The number of carbonyl (C=O) groups is 1. The molecule has 3 atom stereocenters. The van der Waals surface area contributed by atoms with Crippen molar-refractivity contribution in [2.24, 2.45) is 11.8 Å². The van der Waals surface area contributed by atoms with Crippen molar-refractivity contribution in [1.82, 2.24) is 14.1 Å². The fraction of sp³-hybridized carbons (Fsp3) is 0.720. The van der Waals surface area contributed by atoms with Crippen molar-refractivity contribution < 1.29 is 17.9 Å². The van der Waals surface area contributed by atoms with E-state index in [0.717, 1.165) is 51.2 Å². The van der Waals surface area contributed by atoms with E-state index in [1.807, 2.05) is 4.90 Å². The first-order valence-electron chi connectivity index (χ1n) is 12.8. The molecule has 5 rings (SSSR count). The maximum absolute atomic E-state index is 13.7. The Kier molecular flexibility index (Phi) is 7.13. The van der Waals surface area contributed by atoms with Gasteiger partial charge in [-0.1, -0.05) is 18.0 Å². The van der Waals surface area contributed by atoms with Crippen LogP contribution in [0.5, 0.6) is 0 Å². The highest BCUT2D eigenvalue weighted by Crippen LogP contribution is 2.43. The molecule has 0 unspecified atom stereocenters. The second-order valence-electron chi connectivity index (χ2n) is 10.6. The highest BCUT2D eigenvalue weighted by atomic mass is 35.5. The second kappa shape index (κ2) is 9.96. The quantitative estimate of drug-likeness (QED) is 0.550. The van der Waals surface area contributed by atoms with Gasteiger partial charge >= 0.3 is 6.09 Å². The van der Waals surface area contributed by atoms with E-state index in [-0.39, 0.29) is 35.7 Å². The largest absolute Gasteiger partial charge is 0.448 e. The molecule has 0 N–H and O–H groups in total. The predicted molar refractivity (Wildman–Crippen MR) is 131 cm³/mol. The summed E-state index contributed by atoms with van der Waals surface area (Å²) in [6, 6.07) is 6.11. The van der Waals surface area contributed by atoms with Crippen molar-refractivity contribution in [2.45, 2.75) is 74.9 Å². The smallest absolute Gasteiger partial charge is 0.410 e. The standard InChI is InChI=1S/C25H36ClN3O4S/c1-18-15-27(16-19-5-6-19)13-14-28(18)25(30)33-17-22-3-2-4-24(20-7-8-20)29(22)34(31,32)23-11-9-21(26)10-12-23/h9-12,18-20,22,24H,2-8,13-17H2,1H3/t18-,22+,24-/m1/s1. The summed E-state index contributed by atoms with van der Waals surface area (Å²) in [4.78, 5) is 17.5. The molecule has 2 aliphatic heterocycles. The number of amides is 1. The lowest BCUT2D eigenvalue weighted by Crippen LogP contribution is -2.56. The van der Waals surface area contributed by atoms with Crippen molar-refractivity contribution in [2.75, 3.05) is 32.8 Å². The lowest BCUT2D eigenvalue weighted by atomic mass is 9.96. The number of ether oxygens (including phenoxy) is 1. The molecule has 34 heavy (non-hydrogen) atoms. The van der Waals surface area contributed by atoms with Gasteiger partial charge in [-0.3, -0.25) is 4.90 Å². The zero-order valence-electron chi connectivity index (χ0n) is 19.9. The molecule has 2 saturated heterocycles.